The maximum Gasteiger partial charge on any atom is 0.490 e. The number of aliphatic carboxylic acids is 1. The van der Waals surface area contributed by atoms with E-state index in [9.17, 15) is 26.4 Å². The summed E-state index contributed by atoms with van der Waals surface area (Å²) in [5.41, 5.74) is 1.77. The van der Waals surface area contributed by atoms with Crippen LogP contribution >= 0.6 is 11.6 Å². The van der Waals surface area contributed by atoms with Gasteiger partial charge < -0.3 is 15.3 Å². The Morgan fingerprint density at radius 3 is 2.22 bits per heavy atom. The predicted molar refractivity (Wildman–Crippen MR) is 128 cm³/mol. The molecule has 3 rings (SSSR count). The van der Waals surface area contributed by atoms with E-state index in [1.54, 1.807) is 47.4 Å². The number of piperazine rings is 1. The molecule has 1 saturated heterocycles. The van der Waals surface area contributed by atoms with E-state index in [0.717, 1.165) is 24.2 Å². The number of hydrogen-bond donors (Lipinski definition) is 2. The number of nitrogens with zero attached hydrogens (tertiary/aromatic N) is 2. The fourth-order valence-electron chi connectivity index (χ4n) is 3.28. The van der Waals surface area contributed by atoms with Crippen LogP contribution in [-0.2, 0) is 26.2 Å². The van der Waals surface area contributed by atoms with Crippen LogP contribution in [0.4, 0.5) is 13.2 Å². The molecule has 2 N–H and O–H groups in total. The van der Waals surface area contributed by atoms with Crippen LogP contribution in [0.5, 0.6) is 0 Å². The molecular formula is C23H27ClF3N3O5S. The molecule has 0 radical (unpaired) electrons. The number of carbonyl (C=O) groups is 2. The molecule has 8 nitrogen and oxygen atoms in total. The van der Waals surface area contributed by atoms with Gasteiger partial charge in [0.1, 0.15) is 0 Å². The van der Waals surface area contributed by atoms with E-state index in [2.05, 4.69) is 5.32 Å². The molecule has 1 heterocycles. The van der Waals surface area contributed by atoms with Gasteiger partial charge >= 0.3 is 12.1 Å². The molecule has 0 atom stereocenters. The summed E-state index contributed by atoms with van der Waals surface area (Å²) >= 11 is 6.07. The summed E-state index contributed by atoms with van der Waals surface area (Å²) < 4.78 is 59.7. The molecule has 1 aliphatic rings. The third-order valence-electron chi connectivity index (χ3n) is 5.19. The Kier molecular flexibility index (Phi) is 10.7. The van der Waals surface area contributed by atoms with Crippen molar-refractivity contribution in [2.24, 2.45) is 0 Å². The topological polar surface area (TPSA) is 107 Å². The van der Waals surface area contributed by atoms with Crippen LogP contribution in [0.25, 0.3) is 0 Å². The van der Waals surface area contributed by atoms with Crippen LogP contribution in [0.15, 0.2) is 53.4 Å². The molecule has 2 aromatic carbocycles. The molecule has 0 saturated carbocycles. The Balaban J connectivity index is 0.000000572. The lowest BCUT2D eigenvalue weighted by Crippen LogP contribution is -2.47. The van der Waals surface area contributed by atoms with Crippen molar-refractivity contribution in [3.63, 3.8) is 0 Å². The summed E-state index contributed by atoms with van der Waals surface area (Å²) in [6.45, 7) is 5.01. The Labute approximate surface area is 212 Å². The van der Waals surface area contributed by atoms with Gasteiger partial charge in [0.05, 0.1) is 4.90 Å². The monoisotopic (exact) mass is 549 g/mol. The first-order valence-electron chi connectivity index (χ1n) is 10.9. The highest BCUT2D eigenvalue weighted by Crippen LogP contribution is 2.21. The van der Waals surface area contributed by atoms with Crippen molar-refractivity contribution in [3.8, 4) is 0 Å². The minimum atomic E-state index is -5.08. The lowest BCUT2D eigenvalue weighted by atomic mass is 10.2. The number of hydrogen-bond acceptors (Lipinski definition) is 5. The molecule has 2 aromatic rings. The van der Waals surface area contributed by atoms with Gasteiger partial charge in [-0.15, -0.1) is 0 Å². The molecule has 0 bridgehead atoms. The number of halogens is 4. The average molecular weight is 550 g/mol. The SMILES string of the molecule is Cc1ccc(S(=O)(=O)N(CCC(=O)N2CCNCC2)Cc2cccc(Cl)c2)cc1.O=C(O)C(F)(F)F. The van der Waals surface area contributed by atoms with Gasteiger partial charge in [0.15, 0.2) is 0 Å². The number of sulfonamides is 1. The standard InChI is InChI=1S/C21H26ClN3O3S.C2HF3O2/c1-17-5-7-20(8-6-17)29(27,28)25(16-18-3-2-4-19(22)15-18)12-9-21(26)24-13-10-23-11-14-24;3-2(4,5)1(6)7/h2-8,15,23H,9-14,16H2,1H3;(H,6,7). The first kappa shape index (κ1) is 29.6. The van der Waals surface area contributed by atoms with Gasteiger partial charge in [0.25, 0.3) is 0 Å². The smallest absolute Gasteiger partial charge is 0.475 e. The summed E-state index contributed by atoms with van der Waals surface area (Å²) in [7, 11) is -3.75. The Bertz CT molecular complexity index is 1140. The number of aryl methyl sites for hydroxylation is 1. The molecule has 1 aliphatic heterocycles. The van der Waals surface area contributed by atoms with E-state index >= 15 is 0 Å². The second kappa shape index (κ2) is 13.0. The highest BCUT2D eigenvalue weighted by molar-refractivity contribution is 7.89. The van der Waals surface area contributed by atoms with Crippen LogP contribution in [0.3, 0.4) is 0 Å². The van der Waals surface area contributed by atoms with Crippen molar-refractivity contribution in [2.45, 2.75) is 31.0 Å². The van der Waals surface area contributed by atoms with Crippen molar-refractivity contribution in [3.05, 3.63) is 64.7 Å². The molecule has 0 aliphatic carbocycles. The number of carboxylic acids is 1. The zero-order chi connectivity index (χ0) is 26.9. The largest absolute Gasteiger partial charge is 0.490 e. The van der Waals surface area contributed by atoms with Gasteiger partial charge in [-0.2, -0.15) is 17.5 Å². The number of carboxylic acid groups (broad SMARTS) is 1. The van der Waals surface area contributed by atoms with Crippen LogP contribution < -0.4 is 5.32 Å². The Hall–Kier alpha value is -2.67. The average Bonchev–Trinajstić information content (AvgIpc) is 2.82. The van der Waals surface area contributed by atoms with Crippen LogP contribution in [-0.4, -0.2) is 73.5 Å². The maximum absolute atomic E-state index is 13.3. The van der Waals surface area contributed by atoms with Gasteiger partial charge in [-0.05, 0) is 36.8 Å². The molecule has 198 valence electrons. The van der Waals surface area contributed by atoms with Gasteiger partial charge in [0, 0.05) is 50.7 Å². The van der Waals surface area contributed by atoms with E-state index in [0.29, 0.717) is 18.1 Å². The third kappa shape index (κ3) is 9.08. The minimum absolute atomic E-state index is 0.0262. The van der Waals surface area contributed by atoms with E-state index in [1.807, 2.05) is 13.0 Å². The highest BCUT2D eigenvalue weighted by Gasteiger charge is 2.38. The van der Waals surface area contributed by atoms with Crippen molar-refractivity contribution in [1.29, 1.82) is 0 Å². The van der Waals surface area contributed by atoms with E-state index in [1.165, 1.54) is 4.31 Å². The van der Waals surface area contributed by atoms with Crippen molar-refractivity contribution in [2.75, 3.05) is 32.7 Å². The molecule has 0 aromatic heterocycles. The van der Waals surface area contributed by atoms with E-state index in [-0.39, 0.29) is 30.3 Å². The fourth-order valence-corrected chi connectivity index (χ4v) is 4.92. The number of amides is 1. The lowest BCUT2D eigenvalue weighted by molar-refractivity contribution is -0.192. The number of benzene rings is 2. The highest BCUT2D eigenvalue weighted by atomic mass is 35.5. The predicted octanol–water partition coefficient (Wildman–Crippen LogP) is 3.29. The summed E-state index contributed by atoms with van der Waals surface area (Å²) in [6.07, 6.45) is -4.94. The van der Waals surface area contributed by atoms with Gasteiger partial charge in [-0.1, -0.05) is 41.4 Å². The zero-order valence-corrected chi connectivity index (χ0v) is 21.0. The van der Waals surface area contributed by atoms with Crippen LogP contribution in [0.1, 0.15) is 17.5 Å². The maximum atomic E-state index is 13.3. The zero-order valence-electron chi connectivity index (χ0n) is 19.5. The summed E-state index contributed by atoms with van der Waals surface area (Å²) in [6, 6.07) is 13.9. The molecule has 36 heavy (non-hydrogen) atoms. The first-order valence-corrected chi connectivity index (χ1v) is 12.7. The lowest BCUT2D eigenvalue weighted by Gasteiger charge is -2.29. The number of alkyl halides is 3. The van der Waals surface area contributed by atoms with Gasteiger partial charge in [-0.3, -0.25) is 4.79 Å². The Morgan fingerprint density at radius 2 is 1.69 bits per heavy atom. The van der Waals surface area contributed by atoms with Crippen LogP contribution in [0, 0.1) is 6.92 Å². The number of carbonyl (C=O) groups excluding carboxylic acids is 1. The molecule has 0 unspecified atom stereocenters. The van der Waals surface area contributed by atoms with Gasteiger partial charge in [-0.25, -0.2) is 13.2 Å². The van der Waals surface area contributed by atoms with Crippen molar-refractivity contribution >= 4 is 33.5 Å². The van der Waals surface area contributed by atoms with Crippen molar-refractivity contribution < 1.29 is 36.3 Å². The second-order valence-corrected chi connectivity index (χ2v) is 10.3. The van der Waals surface area contributed by atoms with Crippen molar-refractivity contribution in [1.82, 2.24) is 14.5 Å². The minimum Gasteiger partial charge on any atom is -0.475 e. The normalized spacial score (nSPS) is 14.2. The summed E-state index contributed by atoms with van der Waals surface area (Å²) in [5.74, 6) is -2.78. The van der Waals surface area contributed by atoms with Crippen LogP contribution in [0.2, 0.25) is 5.02 Å². The number of rotatable bonds is 7. The van der Waals surface area contributed by atoms with Gasteiger partial charge in [0.2, 0.25) is 15.9 Å². The molecule has 1 amide bonds. The first-order chi connectivity index (χ1) is 16.8. The molecule has 0 spiro atoms. The fraction of sp³-hybridized carbons (Fsp3) is 0.391. The quantitative estimate of drug-likeness (QED) is 0.549. The Morgan fingerprint density at radius 1 is 1.11 bits per heavy atom. The number of nitrogens with one attached hydrogen (secondary N) is 1. The molecular weight excluding hydrogens is 523 g/mol. The third-order valence-corrected chi connectivity index (χ3v) is 7.29. The van der Waals surface area contributed by atoms with E-state index in [4.69, 9.17) is 21.5 Å². The molecule has 13 heteroatoms. The summed E-state index contributed by atoms with van der Waals surface area (Å²) in [4.78, 5) is 23.5. The second-order valence-electron chi connectivity index (χ2n) is 7.97. The van der Waals surface area contributed by atoms with E-state index < -0.39 is 22.2 Å². The molecule has 1 fully saturated rings. The summed E-state index contributed by atoms with van der Waals surface area (Å²) in [5, 5.41) is 10.9.